The molecule has 6 amide bonds. The van der Waals surface area contributed by atoms with Crippen molar-refractivity contribution in [3.05, 3.63) is 36.5 Å². The Morgan fingerprint density at radius 3 is 2.35 bits per heavy atom. The first kappa shape index (κ1) is 58.1. The molecule has 0 aliphatic carbocycles. The van der Waals surface area contributed by atoms with E-state index in [1.165, 1.54) is 0 Å². The molecule has 0 aromatic carbocycles. The number of imide groups is 1. The number of primary amides is 1. The number of nitrogens with one attached hydrogen (secondary N) is 3. The van der Waals surface area contributed by atoms with Gasteiger partial charge < -0.3 is 74.5 Å². The van der Waals surface area contributed by atoms with Crippen LogP contribution in [-0.2, 0) is 76.2 Å². The zero-order valence-electron chi connectivity index (χ0n) is 44.8. The highest BCUT2D eigenvalue weighted by molar-refractivity contribution is 6.14. The van der Waals surface area contributed by atoms with Crippen molar-refractivity contribution in [3.8, 4) is 0 Å². The fourth-order valence-electron chi connectivity index (χ4n) is 13.2. The van der Waals surface area contributed by atoms with E-state index in [0.29, 0.717) is 51.4 Å². The van der Waals surface area contributed by atoms with Crippen LogP contribution >= 0.6 is 0 Å². The fourth-order valence-corrected chi connectivity index (χ4v) is 13.2. The molecule has 9 aliphatic rings. The van der Waals surface area contributed by atoms with Crippen molar-refractivity contribution in [2.75, 3.05) is 40.0 Å². The third-order valence-electron chi connectivity index (χ3n) is 17.1. The number of nitrogens with two attached hydrogens (primary N) is 1. The molecule has 78 heavy (non-hydrogen) atoms. The van der Waals surface area contributed by atoms with Gasteiger partial charge in [-0.2, -0.15) is 0 Å². The monoisotopic (exact) mass is 1100 g/mol. The summed E-state index contributed by atoms with van der Waals surface area (Å²) < 4.78 is 58.7. The lowest BCUT2D eigenvalue weighted by Gasteiger charge is -2.47. The Morgan fingerprint density at radius 1 is 0.821 bits per heavy atom. The molecule has 432 valence electrons. The molecule has 9 rings (SSSR count). The number of amides is 6. The molecule has 0 saturated carbocycles. The first-order valence-corrected chi connectivity index (χ1v) is 28.0. The number of aliphatic hydroxyl groups excluding tert-OH is 2. The molecule has 19 atom stereocenters. The Kier molecular flexibility index (Phi) is 19.0. The van der Waals surface area contributed by atoms with Gasteiger partial charge in [0.2, 0.25) is 23.6 Å². The maximum absolute atomic E-state index is 14.4. The van der Waals surface area contributed by atoms with Crippen molar-refractivity contribution in [2.24, 2.45) is 17.6 Å². The fraction of sp³-hybridized carbons (Fsp3) is 0.764. The van der Waals surface area contributed by atoms with Crippen LogP contribution in [-0.4, -0.2) is 200 Å². The topological polar surface area (TPSA) is 308 Å². The van der Waals surface area contributed by atoms with Crippen LogP contribution in [0.25, 0.3) is 0 Å². The molecule has 0 aromatic heterocycles. The van der Waals surface area contributed by atoms with Crippen LogP contribution in [0.4, 0.5) is 0 Å². The summed E-state index contributed by atoms with van der Waals surface area (Å²) in [7, 11) is 1.54. The number of hydrogen-bond donors (Lipinski definition) is 6. The highest BCUT2D eigenvalue weighted by Gasteiger charge is 2.60. The molecule has 9 heterocycles. The van der Waals surface area contributed by atoms with Crippen LogP contribution in [0.2, 0.25) is 0 Å². The number of Topliss-reactive ketones (excluding diaryl/α,β-unsaturated/α-hetero) is 1. The van der Waals surface area contributed by atoms with Crippen LogP contribution in [0.5, 0.6) is 0 Å². The largest absolute Gasteiger partial charge is 0.391 e. The smallest absolute Gasteiger partial charge is 0.254 e. The van der Waals surface area contributed by atoms with E-state index >= 15 is 0 Å². The standard InChI is InChI=1S/C55H79N5O18/c1-28-17-33-5-7-39-29(2)18-35(72-39)11-13-55-25-38(63)52(78-55)44-24-45(77-55)53-40(75-44)8-6-34(74-53)19-31(61)20-36-42(23-41(73-33)30(28)3)76-43(51(36)70-4)21-32(62)26-58-54(69)37(22-46(56)64)59-47(65)12-15-71-16-14-57-48(66)27-60-49(67)9-10-50(60)68/h9-10,28,32-45,51-53,62-63H,2-3,5-8,11-27H2,1,4H3,(H2,56,64)(H,57,66)(H,58,69)(H,59,65)/t28-,32+,33+,34-,35+,36+,37+,38-,39+,40+,41-,42+,43-,44-,45-,51-,52+,53?,55-/m1/s1. The summed E-state index contributed by atoms with van der Waals surface area (Å²) in [4.78, 5) is 89.0. The Bertz CT molecular complexity index is 2280. The second kappa shape index (κ2) is 25.5. The number of methoxy groups -OCH3 is 1. The number of rotatable bonds is 17. The summed E-state index contributed by atoms with van der Waals surface area (Å²) in [5.41, 5.74) is 7.41. The molecule has 10 bridgehead atoms. The van der Waals surface area contributed by atoms with Gasteiger partial charge in [0.1, 0.15) is 30.6 Å². The number of carbonyl (C=O) groups excluding carboxylic acids is 7. The number of ether oxygens (including phenoxy) is 9. The lowest BCUT2D eigenvalue weighted by atomic mass is 9.81. The Balaban J connectivity index is 0.822. The number of ketones is 1. The molecule has 23 heteroatoms. The lowest BCUT2D eigenvalue weighted by molar-refractivity contribution is -0.277. The maximum Gasteiger partial charge on any atom is 0.254 e. The molecule has 23 nitrogen and oxygen atoms in total. The maximum atomic E-state index is 14.4. The van der Waals surface area contributed by atoms with Crippen molar-refractivity contribution in [3.63, 3.8) is 0 Å². The van der Waals surface area contributed by atoms with E-state index in [4.69, 9.17) is 48.4 Å². The van der Waals surface area contributed by atoms with E-state index in [9.17, 15) is 43.8 Å². The lowest BCUT2D eigenvalue weighted by Crippen LogP contribution is -2.58. The molecule has 1 unspecified atom stereocenters. The molecule has 1 spiro atoms. The molecular formula is C55H79N5O18. The van der Waals surface area contributed by atoms with Gasteiger partial charge in [-0.05, 0) is 62.0 Å². The zero-order valence-corrected chi connectivity index (χ0v) is 44.8. The third kappa shape index (κ3) is 14.0. The van der Waals surface area contributed by atoms with Gasteiger partial charge in [0.25, 0.3) is 11.8 Å². The number of aliphatic hydroxyl groups is 2. The Morgan fingerprint density at radius 2 is 1.58 bits per heavy atom. The predicted octanol–water partition coefficient (Wildman–Crippen LogP) is 0.387. The van der Waals surface area contributed by atoms with E-state index in [-0.39, 0.29) is 100 Å². The van der Waals surface area contributed by atoms with E-state index < -0.39 is 121 Å². The second-order valence-electron chi connectivity index (χ2n) is 22.8. The average molecular weight is 1100 g/mol. The number of hydrogen-bond acceptors (Lipinski definition) is 18. The first-order valence-electron chi connectivity index (χ1n) is 28.0. The summed E-state index contributed by atoms with van der Waals surface area (Å²) in [6.07, 6.45) is 1.25. The van der Waals surface area contributed by atoms with Crippen molar-refractivity contribution in [2.45, 2.75) is 213 Å². The van der Waals surface area contributed by atoms with Crippen molar-refractivity contribution >= 4 is 41.2 Å². The molecule has 0 aromatic rings. The molecule has 8 saturated heterocycles. The van der Waals surface area contributed by atoms with E-state index in [1.54, 1.807) is 7.11 Å². The van der Waals surface area contributed by atoms with Crippen molar-refractivity contribution < 1.29 is 86.4 Å². The van der Waals surface area contributed by atoms with Gasteiger partial charge >= 0.3 is 0 Å². The van der Waals surface area contributed by atoms with Crippen molar-refractivity contribution in [1.82, 2.24) is 20.9 Å². The molecule has 7 N–H and O–H groups in total. The van der Waals surface area contributed by atoms with Gasteiger partial charge in [-0.1, -0.05) is 20.1 Å². The molecule has 9 aliphatic heterocycles. The van der Waals surface area contributed by atoms with Crippen LogP contribution in [0, 0.1) is 11.8 Å². The predicted molar refractivity (Wildman–Crippen MR) is 272 cm³/mol. The SMILES string of the molecule is C=C1C[C@@H]2CC[C@]34C[C@@H](O)[C@H](O3)[C@H]3C[C@@H](O4)C4O[C@H](CC[C@@H]4O3)CC(=O)C[C@@H]3[C@@H](OC)[C@@H](C[C@H](O)CNC(=O)[C@H](CC(N)=O)NC(=O)CCOCCNC(=O)CN4C(=O)C=CC4=O)O[C@H]3C[C@H]3O[C@@H](CC[C@@H]1O2)C[C@@H](C)C3=C. The summed E-state index contributed by atoms with van der Waals surface area (Å²) in [5, 5.41) is 30.4. The molecule has 8 fully saturated rings. The first-order chi connectivity index (χ1) is 37.3. The Hall–Kier alpha value is -4.53. The van der Waals surface area contributed by atoms with Crippen molar-refractivity contribution in [1.29, 1.82) is 0 Å². The van der Waals surface area contributed by atoms with Gasteiger partial charge in [0.05, 0.1) is 99.0 Å². The summed E-state index contributed by atoms with van der Waals surface area (Å²) in [6, 6.07) is -1.37. The van der Waals surface area contributed by atoms with Crippen LogP contribution < -0.4 is 21.7 Å². The minimum Gasteiger partial charge on any atom is -0.391 e. The number of carbonyl (C=O) groups is 7. The highest BCUT2D eigenvalue weighted by Crippen LogP contribution is 2.49. The molecule has 0 radical (unpaired) electrons. The van der Waals surface area contributed by atoms with Crippen LogP contribution in [0.3, 0.4) is 0 Å². The minimum absolute atomic E-state index is 0.000570. The number of fused-ring (bicyclic) bond motifs is 9. The second-order valence-corrected chi connectivity index (χ2v) is 22.8. The van der Waals surface area contributed by atoms with Gasteiger partial charge in [0, 0.05) is 89.6 Å². The van der Waals surface area contributed by atoms with Gasteiger partial charge in [-0.25, -0.2) is 0 Å². The van der Waals surface area contributed by atoms with Gasteiger partial charge in [0.15, 0.2) is 5.79 Å². The minimum atomic E-state index is -1.37. The van der Waals surface area contributed by atoms with Crippen LogP contribution in [0.15, 0.2) is 36.5 Å². The average Bonchev–Trinajstić information content (AvgIpc) is 4.28. The summed E-state index contributed by atoms with van der Waals surface area (Å²) in [5.74, 6) is -5.38. The highest BCUT2D eigenvalue weighted by atomic mass is 16.7. The van der Waals surface area contributed by atoms with E-state index in [0.717, 1.165) is 47.5 Å². The summed E-state index contributed by atoms with van der Waals surface area (Å²) >= 11 is 0. The normalized spacial score (nSPS) is 38.5. The van der Waals surface area contributed by atoms with Gasteiger partial charge in [-0.15, -0.1) is 0 Å². The Labute approximate surface area is 454 Å². The third-order valence-corrected chi connectivity index (χ3v) is 17.1. The molecular weight excluding hydrogens is 1020 g/mol. The zero-order chi connectivity index (χ0) is 55.4. The summed E-state index contributed by atoms with van der Waals surface area (Å²) in [6.45, 7) is 10.2. The van der Waals surface area contributed by atoms with E-state index in [1.807, 2.05) is 0 Å². The van der Waals surface area contributed by atoms with Gasteiger partial charge in [-0.3, -0.25) is 38.5 Å². The number of nitrogens with zero attached hydrogens (tertiary/aromatic N) is 1. The van der Waals surface area contributed by atoms with Crippen LogP contribution in [0.1, 0.15) is 110 Å². The van der Waals surface area contributed by atoms with E-state index in [2.05, 4.69) is 36.0 Å². The quantitative estimate of drug-likeness (QED) is 0.0652.